The van der Waals surface area contributed by atoms with Crippen LogP contribution in [0.2, 0.25) is 0 Å². The van der Waals surface area contributed by atoms with Gasteiger partial charge in [-0.05, 0) is 24.1 Å². The van der Waals surface area contributed by atoms with Gasteiger partial charge < -0.3 is 0 Å². The highest BCUT2D eigenvalue weighted by molar-refractivity contribution is 5.80. The summed E-state index contributed by atoms with van der Waals surface area (Å²) in [5.74, 6) is 0. The largest absolute Gasteiger partial charge is 0.298 e. The number of nitrogens with zero attached hydrogens (tertiary/aromatic N) is 3. The van der Waals surface area contributed by atoms with E-state index in [1.165, 1.54) is 0 Å². The maximum Gasteiger partial charge on any atom is 0.150 e. The van der Waals surface area contributed by atoms with Gasteiger partial charge in [0, 0.05) is 17.3 Å². The lowest BCUT2D eigenvalue weighted by Gasteiger charge is -2.01. The molecule has 84 valence electrons. The lowest BCUT2D eigenvalue weighted by atomic mass is 10.0. The molecule has 0 saturated carbocycles. The van der Waals surface area contributed by atoms with Gasteiger partial charge in [0.25, 0.3) is 0 Å². The van der Waals surface area contributed by atoms with Gasteiger partial charge in [0.2, 0.25) is 0 Å². The molecule has 0 fully saturated rings. The van der Waals surface area contributed by atoms with Crippen LogP contribution in [0.5, 0.6) is 0 Å². The lowest BCUT2D eigenvalue weighted by Crippen LogP contribution is -1.94. The van der Waals surface area contributed by atoms with Crippen LogP contribution in [-0.4, -0.2) is 16.1 Å². The van der Waals surface area contributed by atoms with Crippen LogP contribution >= 0.6 is 0 Å². The lowest BCUT2D eigenvalue weighted by molar-refractivity contribution is 0.112. The molecule has 0 spiro atoms. The smallest absolute Gasteiger partial charge is 0.150 e. The van der Waals surface area contributed by atoms with Gasteiger partial charge >= 0.3 is 0 Å². The van der Waals surface area contributed by atoms with Gasteiger partial charge in [0.1, 0.15) is 12.8 Å². The number of nitriles is 1. The summed E-state index contributed by atoms with van der Waals surface area (Å²) in [5.41, 5.74) is 3.47. The average molecular weight is 225 g/mol. The van der Waals surface area contributed by atoms with E-state index in [-0.39, 0.29) is 6.54 Å². The minimum atomic E-state index is 0.229. The second kappa shape index (κ2) is 4.62. The highest BCUT2D eigenvalue weighted by Crippen LogP contribution is 2.21. The third-order valence-electron chi connectivity index (χ3n) is 2.61. The first kappa shape index (κ1) is 11.1. The molecule has 0 amide bonds. The van der Waals surface area contributed by atoms with Crippen molar-refractivity contribution in [1.82, 2.24) is 9.78 Å². The van der Waals surface area contributed by atoms with E-state index in [0.717, 1.165) is 23.0 Å². The number of aryl methyl sites for hydroxylation is 1. The van der Waals surface area contributed by atoms with E-state index in [4.69, 9.17) is 5.26 Å². The number of aldehydes is 1. The summed E-state index contributed by atoms with van der Waals surface area (Å²) in [5, 5.41) is 12.6. The third-order valence-corrected chi connectivity index (χ3v) is 2.61. The minimum absolute atomic E-state index is 0.229. The van der Waals surface area contributed by atoms with Crippen LogP contribution in [0.4, 0.5) is 0 Å². The van der Waals surface area contributed by atoms with Crippen LogP contribution in [0.25, 0.3) is 11.1 Å². The summed E-state index contributed by atoms with van der Waals surface area (Å²) >= 11 is 0. The van der Waals surface area contributed by atoms with Crippen LogP contribution in [0.3, 0.4) is 0 Å². The van der Waals surface area contributed by atoms with E-state index in [2.05, 4.69) is 5.10 Å². The fraction of sp³-hybridized carbons (Fsp3) is 0.154. The van der Waals surface area contributed by atoms with Gasteiger partial charge in [-0.15, -0.1) is 0 Å². The van der Waals surface area contributed by atoms with Crippen LogP contribution in [0.1, 0.15) is 15.9 Å². The number of carbonyl (C=O) groups is 1. The van der Waals surface area contributed by atoms with Gasteiger partial charge in [-0.25, -0.2) is 0 Å². The molecule has 0 unspecified atom stereocenters. The maximum absolute atomic E-state index is 10.9. The first-order valence-electron chi connectivity index (χ1n) is 5.20. The summed E-state index contributed by atoms with van der Waals surface area (Å²) in [6.07, 6.45) is 4.33. The summed E-state index contributed by atoms with van der Waals surface area (Å²) in [6, 6.07) is 7.70. The highest BCUT2D eigenvalue weighted by Gasteiger charge is 2.04. The van der Waals surface area contributed by atoms with E-state index in [1.54, 1.807) is 17.1 Å². The Hall–Kier alpha value is -2.41. The molecule has 0 aliphatic rings. The molecule has 1 heterocycles. The van der Waals surface area contributed by atoms with Gasteiger partial charge in [-0.3, -0.25) is 9.48 Å². The molecule has 0 N–H and O–H groups in total. The van der Waals surface area contributed by atoms with Crippen molar-refractivity contribution in [2.45, 2.75) is 13.5 Å². The molecule has 1 aromatic heterocycles. The quantitative estimate of drug-likeness (QED) is 0.752. The SMILES string of the molecule is Cc1ccc(-c2cnn(CC#N)c2)cc1C=O. The molecular formula is C13H11N3O. The second-order valence-electron chi connectivity index (χ2n) is 3.77. The second-order valence-corrected chi connectivity index (χ2v) is 3.77. The molecule has 0 aliphatic carbocycles. The summed E-state index contributed by atoms with van der Waals surface area (Å²) in [6.45, 7) is 2.12. The van der Waals surface area contributed by atoms with E-state index in [9.17, 15) is 4.79 Å². The highest BCUT2D eigenvalue weighted by atomic mass is 16.1. The molecule has 4 heteroatoms. The number of aromatic nitrogens is 2. The monoisotopic (exact) mass is 225 g/mol. The van der Waals surface area contributed by atoms with Gasteiger partial charge in [-0.1, -0.05) is 12.1 Å². The van der Waals surface area contributed by atoms with Crippen molar-refractivity contribution in [1.29, 1.82) is 5.26 Å². The Kier molecular flexibility index (Phi) is 3.01. The molecule has 2 rings (SSSR count). The molecule has 4 nitrogen and oxygen atoms in total. The zero-order chi connectivity index (χ0) is 12.3. The Balaban J connectivity index is 2.39. The zero-order valence-corrected chi connectivity index (χ0v) is 9.42. The number of benzene rings is 1. The Morgan fingerprint density at radius 1 is 1.47 bits per heavy atom. The fourth-order valence-electron chi connectivity index (χ4n) is 1.62. The molecule has 1 aromatic carbocycles. The van der Waals surface area contributed by atoms with Crippen LogP contribution in [-0.2, 0) is 6.54 Å². The maximum atomic E-state index is 10.9. The molecule has 0 saturated heterocycles. The van der Waals surface area contributed by atoms with E-state index < -0.39 is 0 Å². The Labute approximate surface area is 99.1 Å². The van der Waals surface area contributed by atoms with E-state index in [0.29, 0.717) is 5.56 Å². The topological polar surface area (TPSA) is 58.7 Å². The molecule has 0 aliphatic heterocycles. The van der Waals surface area contributed by atoms with Crippen molar-refractivity contribution >= 4 is 6.29 Å². The van der Waals surface area contributed by atoms with Gasteiger partial charge in [-0.2, -0.15) is 10.4 Å². The normalized spacial score (nSPS) is 9.88. The molecular weight excluding hydrogens is 214 g/mol. The first-order chi connectivity index (χ1) is 8.24. The standard InChI is InChI=1S/C13H11N3O/c1-10-2-3-11(6-12(10)9-17)13-7-15-16(8-13)5-4-14/h2-3,6-9H,5H2,1H3. The van der Waals surface area contributed by atoms with Gasteiger partial charge in [0.05, 0.1) is 12.3 Å². The van der Waals surface area contributed by atoms with Crippen molar-refractivity contribution in [2.75, 3.05) is 0 Å². The van der Waals surface area contributed by atoms with E-state index >= 15 is 0 Å². The van der Waals surface area contributed by atoms with Crippen molar-refractivity contribution in [2.24, 2.45) is 0 Å². The summed E-state index contributed by atoms with van der Waals surface area (Å²) < 4.78 is 1.57. The van der Waals surface area contributed by atoms with Crippen LogP contribution in [0.15, 0.2) is 30.6 Å². The molecule has 17 heavy (non-hydrogen) atoms. The number of rotatable bonds is 3. The number of hydrogen-bond donors (Lipinski definition) is 0. The van der Waals surface area contributed by atoms with Crippen LogP contribution in [0, 0.1) is 18.3 Å². The van der Waals surface area contributed by atoms with Crippen molar-refractivity contribution < 1.29 is 4.79 Å². The predicted molar refractivity (Wildman–Crippen MR) is 63.4 cm³/mol. The average Bonchev–Trinajstić information content (AvgIpc) is 2.79. The summed E-state index contributed by atoms with van der Waals surface area (Å²) in [7, 11) is 0. The minimum Gasteiger partial charge on any atom is -0.298 e. The summed E-state index contributed by atoms with van der Waals surface area (Å²) in [4.78, 5) is 10.9. The van der Waals surface area contributed by atoms with Crippen LogP contribution < -0.4 is 0 Å². The fourth-order valence-corrected chi connectivity index (χ4v) is 1.62. The molecule has 0 radical (unpaired) electrons. The predicted octanol–water partition coefficient (Wildman–Crippen LogP) is 2.19. The zero-order valence-electron chi connectivity index (χ0n) is 9.42. The Morgan fingerprint density at radius 2 is 2.29 bits per heavy atom. The van der Waals surface area contributed by atoms with E-state index in [1.807, 2.05) is 31.2 Å². The molecule has 0 bridgehead atoms. The molecule has 2 aromatic rings. The van der Waals surface area contributed by atoms with Gasteiger partial charge in [0.15, 0.2) is 0 Å². The third kappa shape index (κ3) is 2.23. The number of carbonyl (C=O) groups excluding carboxylic acids is 1. The Bertz CT molecular complexity index is 593. The van der Waals surface area contributed by atoms with Crippen molar-refractivity contribution in [3.63, 3.8) is 0 Å². The van der Waals surface area contributed by atoms with Crippen molar-refractivity contribution in [3.8, 4) is 17.2 Å². The number of hydrogen-bond acceptors (Lipinski definition) is 3. The molecule has 0 atom stereocenters. The van der Waals surface area contributed by atoms with Crippen molar-refractivity contribution in [3.05, 3.63) is 41.7 Å². The first-order valence-corrected chi connectivity index (χ1v) is 5.20. The Morgan fingerprint density at radius 3 is 3.00 bits per heavy atom.